The highest BCUT2D eigenvalue weighted by Crippen LogP contribution is 2.45. The number of nitrogens with zero attached hydrogens (tertiary/aromatic N) is 4. The molecule has 0 unspecified atom stereocenters. The topological polar surface area (TPSA) is 218 Å². The van der Waals surface area contributed by atoms with Crippen LogP contribution in [0.3, 0.4) is 0 Å². The average molecular weight is 1030 g/mol. The molecular formula is C44H44F6N6O8S4. The quantitative estimate of drug-likeness (QED) is 0.130. The van der Waals surface area contributed by atoms with Crippen molar-refractivity contribution < 1.29 is 62.2 Å². The molecule has 0 spiro atoms. The number of aryl methyl sites for hydroxylation is 2. The van der Waals surface area contributed by atoms with Crippen molar-refractivity contribution in [3.8, 4) is 33.3 Å². The van der Waals surface area contributed by atoms with Crippen molar-refractivity contribution in [2.45, 2.75) is 121 Å². The van der Waals surface area contributed by atoms with Gasteiger partial charge in [-0.1, -0.05) is 12.1 Å². The van der Waals surface area contributed by atoms with Gasteiger partial charge in [-0.15, -0.1) is 22.7 Å². The summed E-state index contributed by atoms with van der Waals surface area (Å²) >= 11 is 2.33. The first kappa shape index (κ1) is 50.9. The molecule has 0 saturated heterocycles. The van der Waals surface area contributed by atoms with Crippen LogP contribution in [0.25, 0.3) is 21.1 Å². The number of ether oxygens (including phenoxy) is 2. The molecule has 2 aromatic heterocycles. The van der Waals surface area contributed by atoms with Crippen LogP contribution in [0.1, 0.15) is 73.9 Å². The van der Waals surface area contributed by atoms with Crippen molar-refractivity contribution in [2.75, 3.05) is 14.2 Å². The van der Waals surface area contributed by atoms with E-state index < -0.39 is 110 Å². The maximum absolute atomic E-state index is 13.9. The normalized spacial score (nSPS) is 23.9. The summed E-state index contributed by atoms with van der Waals surface area (Å²) in [5.41, 5.74) is -2.77. The van der Waals surface area contributed by atoms with E-state index in [9.17, 15) is 63.3 Å². The Kier molecular flexibility index (Phi) is 14.0. The van der Waals surface area contributed by atoms with Crippen molar-refractivity contribution in [1.29, 1.82) is 10.5 Å². The Hall–Kier alpha value is -4.98. The van der Waals surface area contributed by atoms with Crippen molar-refractivity contribution >= 4 is 54.2 Å². The van der Waals surface area contributed by atoms with Gasteiger partial charge in [-0.2, -0.15) is 36.9 Å². The maximum Gasteiger partial charge on any atom is 0.417 e. The number of carbonyl (C=O) groups excluding carboxylic acids is 2. The zero-order valence-electron chi connectivity index (χ0n) is 36.7. The molecular weight excluding hydrogens is 983 g/mol. The lowest BCUT2D eigenvalue weighted by atomic mass is 10.0. The molecule has 4 saturated carbocycles. The maximum atomic E-state index is 13.9. The van der Waals surface area contributed by atoms with Crippen LogP contribution in [0.5, 0.6) is 0 Å². The number of hydrogen-bond donors (Lipinski definition) is 2. The lowest BCUT2D eigenvalue weighted by Crippen LogP contribution is -2.42. The van der Waals surface area contributed by atoms with Gasteiger partial charge in [0.1, 0.15) is 21.1 Å². The summed E-state index contributed by atoms with van der Waals surface area (Å²) in [5, 5.41) is 25.3. The lowest BCUT2D eigenvalue weighted by Gasteiger charge is -2.19. The zero-order valence-corrected chi connectivity index (χ0v) is 40.0. The molecule has 4 aromatic rings. The highest BCUT2D eigenvalue weighted by molar-refractivity contribution is 7.92. The lowest BCUT2D eigenvalue weighted by molar-refractivity contribution is -0.140. The molecule has 4 fully saturated rings. The van der Waals surface area contributed by atoms with Gasteiger partial charge < -0.3 is 20.1 Å². The minimum Gasteiger partial charge on any atom is -0.381 e. The number of sulfone groups is 2. The molecule has 2 N–H and O–H groups in total. The smallest absolute Gasteiger partial charge is 0.381 e. The minimum absolute atomic E-state index is 0.124. The molecule has 6 atom stereocenters. The molecule has 0 bridgehead atoms. The monoisotopic (exact) mass is 1030 g/mol. The van der Waals surface area contributed by atoms with E-state index in [-0.39, 0.29) is 36.8 Å². The predicted molar refractivity (Wildman–Crippen MR) is 235 cm³/mol. The Morgan fingerprint density at radius 1 is 0.662 bits per heavy atom. The molecule has 8 rings (SSSR count). The number of aromatic nitrogens is 2. The van der Waals surface area contributed by atoms with E-state index in [0.717, 1.165) is 24.3 Å². The number of alkyl halides is 6. The fourth-order valence-electron chi connectivity index (χ4n) is 8.52. The molecule has 364 valence electrons. The first-order valence-corrected chi connectivity index (χ1v) is 25.9. The Morgan fingerprint density at radius 3 is 1.28 bits per heavy atom. The van der Waals surface area contributed by atoms with E-state index in [2.05, 4.69) is 20.6 Å². The largest absolute Gasteiger partial charge is 0.417 e. The van der Waals surface area contributed by atoms with E-state index in [1.165, 1.54) is 49.0 Å². The Balaban J connectivity index is 0.000000201. The number of nitriles is 2. The molecule has 14 nitrogen and oxygen atoms in total. The number of carbonyl (C=O) groups is 2. The van der Waals surface area contributed by atoms with Gasteiger partial charge in [-0.3, -0.25) is 9.59 Å². The van der Waals surface area contributed by atoms with E-state index in [0.29, 0.717) is 47.1 Å². The summed E-state index contributed by atoms with van der Waals surface area (Å²) in [6.45, 7) is 3.42. The molecule has 68 heavy (non-hydrogen) atoms. The number of halogens is 6. The van der Waals surface area contributed by atoms with Crippen LogP contribution in [-0.2, 0) is 51.1 Å². The summed E-state index contributed by atoms with van der Waals surface area (Å²) in [5.74, 6) is -2.81. The van der Waals surface area contributed by atoms with Crippen LogP contribution in [0.2, 0.25) is 0 Å². The van der Waals surface area contributed by atoms with Crippen molar-refractivity contribution in [1.82, 2.24) is 20.6 Å². The second kappa shape index (κ2) is 18.7. The van der Waals surface area contributed by atoms with Crippen LogP contribution in [0, 0.1) is 48.3 Å². The number of amides is 2. The SMILES string of the molecule is CO[C@@H]1C[C@H](S(=O)(=O)c2ccc(-c3nc(C)cs3)cc2C(F)(F)F)C[C@H]1C(=O)NC1(C#N)CC1.CO[C@H]1C[C@@H](S(=O)(=O)c2ccc(-c3nc(C)cs3)cc2C(F)(F)F)C[C@@H]1C(=O)NC1(C#N)CC1. The van der Waals surface area contributed by atoms with Crippen LogP contribution in [0.4, 0.5) is 26.3 Å². The summed E-state index contributed by atoms with van der Waals surface area (Å²) in [6, 6.07) is 10.2. The number of methoxy groups -OCH3 is 2. The number of benzene rings is 2. The molecule has 4 aliphatic carbocycles. The van der Waals surface area contributed by atoms with Gasteiger partial charge in [0, 0.05) is 47.5 Å². The third-order valence-corrected chi connectivity index (χ3v) is 19.1. The number of nitrogens with one attached hydrogen (secondary N) is 2. The fourth-order valence-corrected chi connectivity index (χ4v) is 14.1. The molecule has 2 heterocycles. The van der Waals surface area contributed by atoms with Crippen molar-refractivity contribution in [2.24, 2.45) is 11.8 Å². The summed E-state index contributed by atoms with van der Waals surface area (Å²) in [4.78, 5) is 32.2. The second-order valence-corrected chi connectivity index (χ2v) is 23.5. The van der Waals surface area contributed by atoms with Gasteiger partial charge in [0.25, 0.3) is 0 Å². The van der Waals surface area contributed by atoms with Gasteiger partial charge in [-0.05, 0) is 89.5 Å². The van der Waals surface area contributed by atoms with Crippen molar-refractivity contribution in [3.63, 3.8) is 0 Å². The van der Waals surface area contributed by atoms with Gasteiger partial charge in [0.05, 0.1) is 67.6 Å². The van der Waals surface area contributed by atoms with Crippen LogP contribution in [-0.4, -0.2) is 86.6 Å². The first-order valence-electron chi connectivity index (χ1n) is 21.1. The molecule has 2 amide bonds. The van der Waals surface area contributed by atoms with Crippen LogP contribution in [0.15, 0.2) is 56.9 Å². The van der Waals surface area contributed by atoms with Gasteiger partial charge in [0.2, 0.25) is 11.8 Å². The number of hydrogen-bond acceptors (Lipinski definition) is 14. The van der Waals surface area contributed by atoms with E-state index >= 15 is 0 Å². The van der Waals surface area contributed by atoms with Crippen molar-refractivity contribution in [3.05, 3.63) is 69.7 Å². The van der Waals surface area contributed by atoms with Crippen LogP contribution >= 0.6 is 22.7 Å². The second-order valence-electron chi connectivity index (χ2n) is 17.4. The first-order chi connectivity index (χ1) is 31.8. The summed E-state index contributed by atoms with van der Waals surface area (Å²) in [7, 11) is -6.26. The van der Waals surface area contributed by atoms with Crippen LogP contribution < -0.4 is 10.6 Å². The molecule has 4 aliphatic rings. The highest BCUT2D eigenvalue weighted by Gasteiger charge is 2.53. The Labute approximate surface area is 395 Å². The third kappa shape index (κ3) is 10.5. The summed E-state index contributed by atoms with van der Waals surface area (Å²) < 4.78 is 148. The van der Waals surface area contributed by atoms with Gasteiger partial charge in [-0.25, -0.2) is 26.8 Å². The Morgan fingerprint density at radius 2 is 1.01 bits per heavy atom. The standard InChI is InChI=1S/2C22H22F3N3O4S2/c2*1-12-10-33-20(27-12)13-3-4-18(16(7-13)22(23,24)25)34(30,31)14-8-15(17(9-14)32-2)19(29)28-21(11-26)5-6-21/h2*3-4,7,10,14-15,17H,5-6,8-9H2,1-2H3,(H,28,29)/t2*14-,15-,17-/m10/s1. The zero-order chi connectivity index (χ0) is 49.8. The van der Waals surface area contributed by atoms with E-state index in [1.54, 1.807) is 24.6 Å². The minimum atomic E-state index is -4.91. The number of rotatable bonds is 12. The molecule has 24 heteroatoms. The third-order valence-electron chi connectivity index (χ3n) is 12.6. The Bertz CT molecular complexity index is 2720. The number of thiazole rings is 2. The average Bonchev–Trinajstić information content (AvgIpc) is 3.87. The molecule has 0 aliphatic heterocycles. The van der Waals surface area contributed by atoms with E-state index in [4.69, 9.17) is 9.47 Å². The summed E-state index contributed by atoms with van der Waals surface area (Å²) in [6.07, 6.45) is -10.0. The molecule has 0 radical (unpaired) electrons. The highest BCUT2D eigenvalue weighted by atomic mass is 32.2. The predicted octanol–water partition coefficient (Wildman–Crippen LogP) is 7.75. The molecule has 2 aromatic carbocycles. The van der Waals surface area contributed by atoms with E-state index in [1.807, 2.05) is 12.1 Å². The van der Waals surface area contributed by atoms with Gasteiger partial charge in [0.15, 0.2) is 19.7 Å². The fraction of sp³-hybridized carbons (Fsp3) is 0.500. The van der Waals surface area contributed by atoms with Gasteiger partial charge >= 0.3 is 12.4 Å².